The molecule has 1 aromatic heterocycles. The minimum absolute atomic E-state index is 0.125. The highest BCUT2D eigenvalue weighted by Crippen LogP contribution is 2.36. The number of benzene rings is 3. The SMILES string of the molecule is CCOC(=O)C1=C(C)N=c2s/c(=C\c3cc(Cl)cc(I)c3OCc3ccc(Cl)cc3)c(=O)n2[C@@H]1c1ccccc1OC(C)C. The molecule has 0 N–H and O–H groups in total. The lowest BCUT2D eigenvalue weighted by Crippen LogP contribution is -2.40. The van der Waals surface area contributed by atoms with E-state index in [2.05, 4.69) is 22.6 Å². The number of hydrogen-bond donors (Lipinski definition) is 0. The van der Waals surface area contributed by atoms with Gasteiger partial charge in [0.05, 0.1) is 32.1 Å². The van der Waals surface area contributed by atoms with Crippen LogP contribution in [0.5, 0.6) is 11.5 Å². The Morgan fingerprint density at radius 2 is 1.84 bits per heavy atom. The van der Waals surface area contributed by atoms with E-state index in [1.807, 2.05) is 62.4 Å². The quantitative estimate of drug-likeness (QED) is 0.135. The molecule has 0 unspecified atom stereocenters. The van der Waals surface area contributed by atoms with Crippen molar-refractivity contribution >= 4 is 69.2 Å². The van der Waals surface area contributed by atoms with Crippen molar-refractivity contribution in [2.45, 2.75) is 46.4 Å². The number of carbonyl (C=O) groups excluding carboxylic acids is 1. The number of fused-ring (bicyclic) bond motifs is 1. The number of rotatable bonds is 9. The largest absolute Gasteiger partial charge is 0.491 e. The Hall–Kier alpha value is -3.12. The van der Waals surface area contributed by atoms with Crippen LogP contribution < -0.4 is 24.4 Å². The summed E-state index contributed by atoms with van der Waals surface area (Å²) in [7, 11) is 0. The van der Waals surface area contributed by atoms with E-state index < -0.39 is 12.0 Å². The van der Waals surface area contributed by atoms with Crippen molar-refractivity contribution in [3.05, 3.63) is 122 Å². The summed E-state index contributed by atoms with van der Waals surface area (Å²) in [5.74, 6) is 0.627. The number of hydrogen-bond acceptors (Lipinski definition) is 7. The number of carbonyl (C=O) groups is 1. The molecule has 5 rings (SSSR count). The zero-order chi connectivity index (χ0) is 31.5. The van der Waals surface area contributed by atoms with E-state index in [-0.39, 0.29) is 23.8 Å². The third-order valence-electron chi connectivity index (χ3n) is 6.71. The van der Waals surface area contributed by atoms with Gasteiger partial charge in [0, 0.05) is 21.2 Å². The molecule has 0 saturated carbocycles. The summed E-state index contributed by atoms with van der Waals surface area (Å²) < 4.78 is 20.6. The van der Waals surface area contributed by atoms with E-state index in [9.17, 15) is 9.59 Å². The number of halogens is 3. The van der Waals surface area contributed by atoms with Crippen LogP contribution in [-0.4, -0.2) is 23.2 Å². The van der Waals surface area contributed by atoms with Gasteiger partial charge in [0.15, 0.2) is 4.80 Å². The molecule has 1 aliphatic rings. The Morgan fingerprint density at radius 1 is 1.11 bits per heavy atom. The van der Waals surface area contributed by atoms with E-state index in [0.717, 1.165) is 9.13 Å². The first-order valence-electron chi connectivity index (χ1n) is 13.9. The van der Waals surface area contributed by atoms with Gasteiger partial charge < -0.3 is 14.2 Å². The van der Waals surface area contributed by atoms with Crippen molar-refractivity contribution in [1.29, 1.82) is 0 Å². The number of esters is 1. The van der Waals surface area contributed by atoms with Crippen LogP contribution in [0.1, 0.15) is 50.4 Å². The van der Waals surface area contributed by atoms with E-state index in [1.54, 1.807) is 36.6 Å². The Bertz CT molecular complexity index is 1930. The third kappa shape index (κ3) is 6.91. The average molecular weight is 763 g/mol. The van der Waals surface area contributed by atoms with Crippen LogP contribution in [0.3, 0.4) is 0 Å². The lowest BCUT2D eigenvalue weighted by Gasteiger charge is -2.26. The van der Waals surface area contributed by atoms with Gasteiger partial charge in [-0.2, -0.15) is 0 Å². The van der Waals surface area contributed by atoms with Gasteiger partial charge in [-0.3, -0.25) is 9.36 Å². The molecule has 44 heavy (non-hydrogen) atoms. The first-order chi connectivity index (χ1) is 21.1. The number of nitrogens with zero attached hydrogens (tertiary/aromatic N) is 2. The summed E-state index contributed by atoms with van der Waals surface area (Å²) in [6.45, 7) is 7.83. The van der Waals surface area contributed by atoms with Crippen molar-refractivity contribution in [2.24, 2.45) is 4.99 Å². The predicted molar refractivity (Wildman–Crippen MR) is 183 cm³/mol. The van der Waals surface area contributed by atoms with Crippen molar-refractivity contribution in [2.75, 3.05) is 6.61 Å². The van der Waals surface area contributed by atoms with Gasteiger partial charge in [0.1, 0.15) is 24.1 Å². The summed E-state index contributed by atoms with van der Waals surface area (Å²) in [6, 6.07) is 17.6. The molecule has 0 radical (unpaired) electrons. The predicted octanol–water partition coefficient (Wildman–Crippen LogP) is 7.08. The van der Waals surface area contributed by atoms with Crippen molar-refractivity contribution in [3.8, 4) is 11.5 Å². The van der Waals surface area contributed by atoms with E-state index in [4.69, 9.17) is 42.4 Å². The van der Waals surface area contributed by atoms with Crippen LogP contribution in [0.15, 0.2) is 81.7 Å². The third-order valence-corrected chi connectivity index (χ3v) is 8.97. The smallest absolute Gasteiger partial charge is 0.338 e. The van der Waals surface area contributed by atoms with Crippen LogP contribution in [0, 0.1) is 3.57 Å². The number of ether oxygens (including phenoxy) is 3. The zero-order valence-corrected chi connectivity index (χ0v) is 28.9. The molecule has 2 heterocycles. The second-order valence-electron chi connectivity index (χ2n) is 10.2. The maximum absolute atomic E-state index is 14.2. The highest BCUT2D eigenvalue weighted by atomic mass is 127. The molecule has 7 nitrogen and oxygen atoms in total. The molecular formula is C33H29Cl2IN2O5S. The summed E-state index contributed by atoms with van der Waals surface area (Å²) in [5.41, 5.74) is 2.69. The van der Waals surface area contributed by atoms with Crippen LogP contribution in [-0.2, 0) is 16.1 Å². The summed E-state index contributed by atoms with van der Waals surface area (Å²) in [4.78, 5) is 32.7. The van der Waals surface area contributed by atoms with Gasteiger partial charge in [-0.05, 0) is 92.3 Å². The molecule has 11 heteroatoms. The Morgan fingerprint density at radius 3 is 2.55 bits per heavy atom. The minimum Gasteiger partial charge on any atom is -0.491 e. The number of aromatic nitrogens is 1. The first-order valence-corrected chi connectivity index (χ1v) is 16.5. The molecule has 1 aliphatic heterocycles. The van der Waals surface area contributed by atoms with E-state index in [0.29, 0.717) is 54.3 Å². The Kier molecular flexibility index (Phi) is 10.2. The molecule has 0 saturated heterocycles. The minimum atomic E-state index is -0.803. The van der Waals surface area contributed by atoms with E-state index >= 15 is 0 Å². The Labute approximate surface area is 282 Å². The molecule has 0 amide bonds. The standard InChI is InChI=1S/C33H29Cl2IN2O5S/c1-5-41-32(40)28-19(4)37-33-38(29(28)24-8-6-7-9-26(24)43-18(2)3)31(39)27(44-33)15-21-14-23(35)16-25(36)30(21)42-17-20-10-12-22(34)13-11-20/h6-16,18,29H,5,17H2,1-4H3/b27-15-/t29-/m1/s1. The van der Waals surface area contributed by atoms with Crippen molar-refractivity contribution in [3.63, 3.8) is 0 Å². The second-order valence-corrected chi connectivity index (χ2v) is 13.3. The van der Waals surface area contributed by atoms with Crippen LogP contribution in [0.25, 0.3) is 6.08 Å². The normalized spacial score (nSPS) is 14.8. The molecule has 0 bridgehead atoms. The fourth-order valence-corrected chi connectivity index (χ4v) is 7.25. The van der Waals surface area contributed by atoms with Crippen molar-refractivity contribution in [1.82, 2.24) is 4.57 Å². The number of thiazole rings is 1. The fourth-order valence-electron chi connectivity index (χ4n) is 4.87. The summed E-state index contributed by atoms with van der Waals surface area (Å²) in [5, 5.41) is 1.15. The van der Waals surface area contributed by atoms with Gasteiger partial charge in [0.2, 0.25) is 0 Å². The second kappa shape index (κ2) is 13.9. The molecular weight excluding hydrogens is 734 g/mol. The fraction of sp³-hybridized carbons (Fsp3) is 0.242. The van der Waals surface area contributed by atoms with Crippen LogP contribution >= 0.6 is 57.1 Å². The molecule has 0 spiro atoms. The van der Waals surface area contributed by atoms with E-state index in [1.165, 1.54) is 11.3 Å². The van der Waals surface area contributed by atoms with Gasteiger partial charge in [-0.15, -0.1) is 0 Å². The monoisotopic (exact) mass is 762 g/mol. The maximum atomic E-state index is 14.2. The molecule has 3 aromatic carbocycles. The van der Waals surface area contributed by atoms with Gasteiger partial charge in [0.25, 0.3) is 5.56 Å². The van der Waals surface area contributed by atoms with Crippen LogP contribution in [0.4, 0.5) is 0 Å². The van der Waals surface area contributed by atoms with Gasteiger partial charge >= 0.3 is 5.97 Å². The summed E-state index contributed by atoms with van der Waals surface area (Å²) in [6.07, 6.45) is 1.63. The van der Waals surface area contributed by atoms with Gasteiger partial charge in [-0.25, -0.2) is 9.79 Å². The van der Waals surface area contributed by atoms with Crippen molar-refractivity contribution < 1.29 is 19.0 Å². The number of para-hydroxylation sites is 1. The lowest BCUT2D eigenvalue weighted by molar-refractivity contribution is -0.139. The highest BCUT2D eigenvalue weighted by Gasteiger charge is 2.35. The molecule has 4 aromatic rings. The zero-order valence-electron chi connectivity index (χ0n) is 24.4. The molecule has 0 aliphatic carbocycles. The first kappa shape index (κ1) is 32.3. The average Bonchev–Trinajstić information content (AvgIpc) is 3.26. The maximum Gasteiger partial charge on any atom is 0.338 e. The molecule has 228 valence electrons. The number of allylic oxidation sites excluding steroid dienone is 1. The van der Waals surface area contributed by atoms with Gasteiger partial charge in [-0.1, -0.05) is 64.9 Å². The Balaban J connectivity index is 1.67. The molecule has 0 fully saturated rings. The lowest BCUT2D eigenvalue weighted by atomic mass is 9.95. The molecule has 1 atom stereocenters. The van der Waals surface area contributed by atoms with Crippen LogP contribution in [0.2, 0.25) is 10.0 Å². The highest BCUT2D eigenvalue weighted by molar-refractivity contribution is 14.1. The summed E-state index contributed by atoms with van der Waals surface area (Å²) >= 11 is 15.9. The topological polar surface area (TPSA) is 79.1 Å².